The van der Waals surface area contributed by atoms with Gasteiger partial charge in [0.15, 0.2) is 0 Å². The van der Waals surface area contributed by atoms with Gasteiger partial charge in [0.1, 0.15) is 6.29 Å². The Hall–Kier alpha value is -2.68. The zero-order valence-electron chi connectivity index (χ0n) is 10.4. The van der Waals surface area contributed by atoms with Crippen LogP contribution in [0.5, 0.6) is 0 Å². The van der Waals surface area contributed by atoms with E-state index in [1.54, 1.807) is 30.4 Å². The Morgan fingerprint density at radius 3 is 1.21 bits per heavy atom. The lowest BCUT2D eigenvalue weighted by Crippen LogP contribution is -1.84. The molecule has 0 aliphatic heterocycles. The third kappa shape index (κ3) is 15.3. The second-order valence-corrected chi connectivity index (χ2v) is 3.14. The maximum absolute atomic E-state index is 10.1. The molecule has 3 nitrogen and oxygen atoms in total. The second kappa shape index (κ2) is 13.4. The topological polar surface area (TPSA) is 54.4 Å². The summed E-state index contributed by atoms with van der Waals surface area (Å²) >= 11 is 0. The van der Waals surface area contributed by atoms with E-state index in [0.29, 0.717) is 0 Å². The van der Waals surface area contributed by atoms with Gasteiger partial charge in [-0.25, -0.2) is 4.79 Å². The van der Waals surface area contributed by atoms with Gasteiger partial charge in [0, 0.05) is 6.08 Å². The molecule has 0 saturated carbocycles. The van der Waals surface area contributed by atoms with Gasteiger partial charge in [-0.05, 0) is 6.08 Å². The van der Waals surface area contributed by atoms with Crippen molar-refractivity contribution in [2.24, 2.45) is 0 Å². The smallest absolute Gasteiger partial charge is 0.328 e. The molecule has 0 rings (SSSR count). The van der Waals surface area contributed by atoms with E-state index in [9.17, 15) is 9.59 Å². The van der Waals surface area contributed by atoms with Crippen LogP contribution in [0.25, 0.3) is 0 Å². The third-order valence-electron chi connectivity index (χ3n) is 1.65. The molecular formula is C16H16O3. The van der Waals surface area contributed by atoms with Crippen molar-refractivity contribution in [1.82, 2.24) is 0 Å². The third-order valence-corrected chi connectivity index (χ3v) is 1.65. The molecule has 0 spiro atoms. The normalized spacial score (nSPS) is 13.5. The van der Waals surface area contributed by atoms with Crippen LogP contribution in [0.4, 0.5) is 0 Å². The van der Waals surface area contributed by atoms with Crippen LogP contribution in [0.3, 0.4) is 0 Å². The van der Waals surface area contributed by atoms with Crippen LogP contribution in [0, 0.1) is 0 Å². The van der Waals surface area contributed by atoms with Gasteiger partial charge < -0.3 is 5.11 Å². The Morgan fingerprint density at radius 2 is 0.895 bits per heavy atom. The highest BCUT2D eigenvalue weighted by Crippen LogP contribution is 1.85. The molecule has 0 fully saturated rings. The van der Waals surface area contributed by atoms with E-state index in [4.69, 9.17) is 5.11 Å². The summed E-state index contributed by atoms with van der Waals surface area (Å²) in [6.45, 7) is 0. The Morgan fingerprint density at radius 1 is 0.579 bits per heavy atom. The predicted octanol–water partition coefficient (Wildman–Crippen LogP) is 3.16. The summed E-state index contributed by atoms with van der Waals surface area (Å²) in [5.74, 6) is -0.963. The van der Waals surface area contributed by atoms with E-state index in [-0.39, 0.29) is 0 Å². The minimum absolute atomic E-state index is 0.720. The van der Waals surface area contributed by atoms with Crippen LogP contribution >= 0.6 is 0 Å². The largest absolute Gasteiger partial charge is 0.478 e. The molecule has 0 heterocycles. The van der Waals surface area contributed by atoms with Crippen molar-refractivity contribution in [1.29, 1.82) is 0 Å². The molecule has 0 aromatic rings. The lowest BCUT2D eigenvalue weighted by molar-refractivity contribution is -0.131. The zero-order chi connectivity index (χ0) is 14.2. The standard InChI is InChI=1S/C16H16O3/c17-15-13-11-9-7-5-3-1-2-4-6-8-10-12-14-16(18)19/h1-15H,(H,18,19). The van der Waals surface area contributed by atoms with Gasteiger partial charge in [-0.1, -0.05) is 72.9 Å². The van der Waals surface area contributed by atoms with Crippen LogP contribution in [0.15, 0.2) is 85.1 Å². The first-order valence-electron chi connectivity index (χ1n) is 5.62. The van der Waals surface area contributed by atoms with Crippen LogP contribution in [-0.2, 0) is 9.59 Å². The summed E-state index contributed by atoms with van der Waals surface area (Å²) in [7, 11) is 0. The van der Waals surface area contributed by atoms with Gasteiger partial charge in [-0.15, -0.1) is 0 Å². The molecule has 98 valence electrons. The molecule has 0 aliphatic carbocycles. The first-order valence-corrected chi connectivity index (χ1v) is 5.62. The van der Waals surface area contributed by atoms with Gasteiger partial charge in [-0.3, -0.25) is 4.79 Å². The van der Waals surface area contributed by atoms with Crippen LogP contribution in [0.2, 0.25) is 0 Å². The van der Waals surface area contributed by atoms with Crippen LogP contribution in [0.1, 0.15) is 0 Å². The number of rotatable bonds is 8. The van der Waals surface area contributed by atoms with Crippen molar-refractivity contribution in [3.05, 3.63) is 85.1 Å². The fourth-order valence-corrected chi connectivity index (χ4v) is 0.889. The maximum Gasteiger partial charge on any atom is 0.328 e. The Labute approximate surface area is 113 Å². The highest BCUT2D eigenvalue weighted by atomic mass is 16.4. The van der Waals surface area contributed by atoms with Crippen molar-refractivity contribution >= 4 is 12.3 Å². The van der Waals surface area contributed by atoms with Crippen molar-refractivity contribution in [3.63, 3.8) is 0 Å². The molecule has 0 bridgehead atoms. The van der Waals surface area contributed by atoms with Crippen LogP contribution < -0.4 is 0 Å². The summed E-state index contributed by atoms with van der Waals surface area (Å²) in [5.41, 5.74) is 0. The Balaban J connectivity index is 3.87. The molecule has 1 N–H and O–H groups in total. The number of allylic oxidation sites excluding steroid dienone is 13. The first kappa shape index (κ1) is 16.3. The summed E-state index contributed by atoms with van der Waals surface area (Å²) in [6.07, 6.45) is 24.2. The van der Waals surface area contributed by atoms with E-state index >= 15 is 0 Å². The zero-order valence-corrected chi connectivity index (χ0v) is 10.4. The quantitative estimate of drug-likeness (QED) is 0.412. The summed E-state index contributed by atoms with van der Waals surface area (Å²) in [6, 6.07) is 0. The minimum atomic E-state index is -0.963. The predicted molar refractivity (Wildman–Crippen MR) is 77.7 cm³/mol. The van der Waals surface area contributed by atoms with Gasteiger partial charge in [0.2, 0.25) is 0 Å². The van der Waals surface area contributed by atoms with Gasteiger partial charge >= 0.3 is 5.97 Å². The lowest BCUT2D eigenvalue weighted by atomic mass is 10.3. The molecule has 0 radical (unpaired) electrons. The molecule has 0 saturated heterocycles. The summed E-state index contributed by atoms with van der Waals surface area (Å²) < 4.78 is 0. The molecular weight excluding hydrogens is 240 g/mol. The Bertz CT molecular complexity index is 458. The maximum atomic E-state index is 10.1. The highest BCUT2D eigenvalue weighted by Gasteiger charge is 1.78. The van der Waals surface area contributed by atoms with E-state index in [1.807, 2.05) is 36.5 Å². The fourth-order valence-electron chi connectivity index (χ4n) is 0.889. The highest BCUT2D eigenvalue weighted by molar-refractivity contribution is 5.80. The van der Waals surface area contributed by atoms with Crippen LogP contribution in [-0.4, -0.2) is 17.4 Å². The molecule has 0 aromatic heterocycles. The van der Waals surface area contributed by atoms with Crippen molar-refractivity contribution in [2.75, 3.05) is 0 Å². The number of hydrogen-bond donors (Lipinski definition) is 1. The van der Waals surface area contributed by atoms with Gasteiger partial charge in [0.25, 0.3) is 0 Å². The summed E-state index contributed by atoms with van der Waals surface area (Å²) in [5, 5.41) is 8.32. The molecule has 0 aliphatic rings. The van der Waals surface area contributed by atoms with E-state index in [1.165, 1.54) is 12.2 Å². The van der Waals surface area contributed by atoms with E-state index < -0.39 is 5.97 Å². The average molecular weight is 256 g/mol. The Kier molecular flexibility index (Phi) is 11.5. The van der Waals surface area contributed by atoms with Crippen molar-refractivity contribution < 1.29 is 14.7 Å². The number of aldehydes is 1. The van der Waals surface area contributed by atoms with E-state index in [2.05, 4.69) is 0 Å². The molecule has 0 aromatic carbocycles. The number of aliphatic carboxylic acids is 1. The molecule has 3 heteroatoms. The first-order chi connectivity index (χ1) is 9.27. The number of carbonyl (C=O) groups is 2. The van der Waals surface area contributed by atoms with E-state index in [0.717, 1.165) is 12.4 Å². The number of carboxylic acids is 1. The fraction of sp³-hybridized carbons (Fsp3) is 0. The average Bonchev–Trinajstić information content (AvgIpc) is 2.39. The molecule has 19 heavy (non-hydrogen) atoms. The number of hydrogen-bond acceptors (Lipinski definition) is 2. The number of carboxylic acid groups (broad SMARTS) is 1. The molecule has 0 unspecified atom stereocenters. The molecule has 0 atom stereocenters. The van der Waals surface area contributed by atoms with Crippen molar-refractivity contribution in [3.8, 4) is 0 Å². The summed E-state index contributed by atoms with van der Waals surface area (Å²) in [4.78, 5) is 20.1. The second-order valence-electron chi connectivity index (χ2n) is 3.14. The minimum Gasteiger partial charge on any atom is -0.478 e. The van der Waals surface area contributed by atoms with Crippen molar-refractivity contribution in [2.45, 2.75) is 0 Å². The SMILES string of the molecule is O=CC=CC=CC=CC=CC=CC=CC=CC(=O)O. The molecule has 0 amide bonds. The number of carbonyl (C=O) groups excluding carboxylic acids is 1. The lowest BCUT2D eigenvalue weighted by Gasteiger charge is -1.75. The van der Waals surface area contributed by atoms with Gasteiger partial charge in [-0.2, -0.15) is 0 Å². The van der Waals surface area contributed by atoms with Gasteiger partial charge in [0.05, 0.1) is 0 Å². The monoisotopic (exact) mass is 256 g/mol.